The van der Waals surface area contributed by atoms with Crippen LogP contribution in [0.4, 0.5) is 0 Å². The molecule has 0 radical (unpaired) electrons. The first-order valence-electron chi connectivity index (χ1n) is 6.28. The van der Waals surface area contributed by atoms with E-state index in [2.05, 4.69) is 21.4 Å². The van der Waals surface area contributed by atoms with Crippen molar-refractivity contribution in [1.82, 2.24) is 5.48 Å². The van der Waals surface area contributed by atoms with Crippen molar-refractivity contribution in [2.75, 3.05) is 7.11 Å². The van der Waals surface area contributed by atoms with Gasteiger partial charge in [0.1, 0.15) is 11.3 Å². The van der Waals surface area contributed by atoms with E-state index >= 15 is 0 Å². The number of ether oxygens (including phenoxy) is 1. The maximum absolute atomic E-state index is 11.8. The Bertz CT molecular complexity index is 448. The topological polar surface area (TPSA) is 56.8 Å². The molecule has 7 heteroatoms. The number of methoxy groups -OCH3 is 1. The second kappa shape index (κ2) is 7.31. The highest BCUT2D eigenvalue weighted by atomic mass is 79.9. The van der Waals surface area contributed by atoms with E-state index < -0.39 is 5.54 Å². The van der Waals surface area contributed by atoms with Crippen LogP contribution in [0.2, 0.25) is 0 Å². The molecule has 1 saturated carbocycles. The molecule has 0 amide bonds. The van der Waals surface area contributed by atoms with E-state index in [0.717, 1.165) is 29.6 Å². The van der Waals surface area contributed by atoms with E-state index in [9.17, 15) is 4.79 Å². The van der Waals surface area contributed by atoms with Gasteiger partial charge in [-0.1, -0.05) is 28.8 Å². The lowest BCUT2D eigenvalue weighted by atomic mass is 10.00. The van der Waals surface area contributed by atoms with Crippen LogP contribution in [-0.2, 0) is 13.8 Å². The zero-order chi connectivity index (χ0) is 14.4. The number of nitrogens with one attached hydrogen (secondary N) is 1. The van der Waals surface area contributed by atoms with Crippen LogP contribution < -0.4 is 9.66 Å². The summed E-state index contributed by atoms with van der Waals surface area (Å²) >= 11 is 4.14. The van der Waals surface area contributed by atoms with Gasteiger partial charge in [0.25, 0.3) is 0 Å². The molecule has 0 heterocycles. The molecule has 0 saturated heterocycles. The second-order valence-corrected chi connectivity index (χ2v) is 5.96. The van der Waals surface area contributed by atoms with Crippen molar-refractivity contribution in [2.24, 2.45) is 0 Å². The number of halogens is 1. The van der Waals surface area contributed by atoms with Crippen molar-refractivity contribution in [1.29, 1.82) is 0 Å². The minimum Gasteiger partial charge on any atom is -0.468 e. The fraction of sp³-hybridized carbons (Fsp3) is 0.462. The Hall–Kier alpha value is -0.760. The van der Waals surface area contributed by atoms with Gasteiger partial charge < -0.3 is 8.92 Å². The van der Waals surface area contributed by atoms with Crippen LogP contribution in [-0.4, -0.2) is 18.6 Å². The summed E-state index contributed by atoms with van der Waals surface area (Å²) in [5.41, 5.74) is 2.04. The standard InChI is InChI=1S/C13H16BrNO4S/c1-17-12(16)13(8-2-3-9-13)15-19-20-18-11-6-4-10(14)5-7-11/h4-7,15H,2-3,8-9H2,1H3. The van der Waals surface area contributed by atoms with Crippen molar-refractivity contribution >= 4 is 34.2 Å². The zero-order valence-electron chi connectivity index (χ0n) is 11.1. The summed E-state index contributed by atoms with van der Waals surface area (Å²) in [7, 11) is 1.38. The fourth-order valence-electron chi connectivity index (χ4n) is 2.16. The maximum Gasteiger partial charge on any atom is 0.328 e. The van der Waals surface area contributed by atoms with Crippen LogP contribution in [0.15, 0.2) is 28.7 Å². The largest absolute Gasteiger partial charge is 0.468 e. The molecule has 1 fully saturated rings. The third kappa shape index (κ3) is 3.88. The van der Waals surface area contributed by atoms with Crippen molar-refractivity contribution in [2.45, 2.75) is 31.2 Å². The van der Waals surface area contributed by atoms with E-state index in [1.165, 1.54) is 7.11 Å². The van der Waals surface area contributed by atoms with Crippen LogP contribution in [0.5, 0.6) is 5.75 Å². The molecule has 20 heavy (non-hydrogen) atoms. The number of rotatable bonds is 6. The summed E-state index contributed by atoms with van der Waals surface area (Å²) in [4.78, 5) is 11.8. The number of hydroxylamine groups is 1. The summed E-state index contributed by atoms with van der Waals surface area (Å²) in [6.45, 7) is 0. The van der Waals surface area contributed by atoms with Gasteiger partial charge in [-0.2, -0.15) is 9.76 Å². The Morgan fingerprint density at radius 1 is 1.30 bits per heavy atom. The minimum absolute atomic E-state index is 0.292. The van der Waals surface area contributed by atoms with Crippen molar-refractivity contribution < 1.29 is 18.0 Å². The highest BCUT2D eigenvalue weighted by Gasteiger charge is 2.43. The molecule has 0 spiro atoms. The summed E-state index contributed by atoms with van der Waals surface area (Å²) in [5, 5.41) is 0. The van der Waals surface area contributed by atoms with Gasteiger partial charge in [-0.15, -0.1) is 0 Å². The molecule has 0 aromatic heterocycles. The maximum atomic E-state index is 11.8. The minimum atomic E-state index is -0.745. The Labute approximate surface area is 130 Å². The number of benzene rings is 1. The highest BCUT2D eigenvalue weighted by molar-refractivity contribution is 9.10. The molecule has 110 valence electrons. The van der Waals surface area contributed by atoms with E-state index in [1.807, 2.05) is 24.3 Å². The second-order valence-electron chi connectivity index (χ2n) is 4.57. The normalized spacial score (nSPS) is 16.9. The first-order valence-corrected chi connectivity index (χ1v) is 7.74. The average molecular weight is 362 g/mol. The SMILES string of the molecule is COC(=O)C1(NOSOc2ccc(Br)cc2)CCCC1. The number of esters is 1. The summed E-state index contributed by atoms with van der Waals surface area (Å²) in [6.07, 6.45) is 3.37. The third-order valence-electron chi connectivity index (χ3n) is 3.25. The molecule has 1 aromatic rings. The Balaban J connectivity index is 1.79. The van der Waals surface area contributed by atoms with Gasteiger partial charge in [0.15, 0.2) is 0 Å². The molecule has 1 N–H and O–H groups in total. The van der Waals surface area contributed by atoms with Crippen molar-refractivity contribution in [3.8, 4) is 5.75 Å². The summed E-state index contributed by atoms with van der Waals surface area (Å²) < 4.78 is 16.4. The van der Waals surface area contributed by atoms with Crippen molar-refractivity contribution in [3.05, 3.63) is 28.7 Å². The molecular formula is C13H16BrNO4S. The Kier molecular flexibility index (Phi) is 5.71. The van der Waals surface area contributed by atoms with Crippen LogP contribution in [0.25, 0.3) is 0 Å². The first-order chi connectivity index (χ1) is 9.66. The van der Waals surface area contributed by atoms with Gasteiger partial charge in [-0.05, 0) is 37.1 Å². The van der Waals surface area contributed by atoms with Crippen LogP contribution >= 0.6 is 28.3 Å². The van der Waals surface area contributed by atoms with Gasteiger partial charge in [-0.25, -0.2) is 4.79 Å². The molecule has 1 aliphatic rings. The molecular weight excluding hydrogens is 346 g/mol. The van der Waals surface area contributed by atoms with Crippen LogP contribution in [0.1, 0.15) is 25.7 Å². The summed E-state index contributed by atoms with van der Waals surface area (Å²) in [6, 6.07) is 7.37. The third-order valence-corrected chi connectivity index (χ3v) is 4.19. The lowest BCUT2D eigenvalue weighted by Gasteiger charge is -2.25. The smallest absolute Gasteiger partial charge is 0.328 e. The monoisotopic (exact) mass is 361 g/mol. The van der Waals surface area contributed by atoms with E-state index in [1.54, 1.807) is 0 Å². The molecule has 1 aromatic carbocycles. The van der Waals surface area contributed by atoms with Gasteiger partial charge in [0, 0.05) is 4.47 Å². The number of carbonyl (C=O) groups excluding carboxylic acids is 1. The summed E-state index contributed by atoms with van der Waals surface area (Å²) in [5.74, 6) is 0.373. The number of carbonyl (C=O) groups is 1. The fourth-order valence-corrected chi connectivity index (χ4v) is 2.85. The molecule has 0 aliphatic heterocycles. The van der Waals surface area contributed by atoms with Crippen LogP contribution in [0.3, 0.4) is 0 Å². The van der Waals surface area contributed by atoms with Gasteiger partial charge in [0.2, 0.25) is 12.3 Å². The molecule has 2 rings (SSSR count). The molecule has 0 unspecified atom stereocenters. The van der Waals surface area contributed by atoms with E-state index in [4.69, 9.17) is 13.2 Å². The highest BCUT2D eigenvalue weighted by Crippen LogP contribution is 2.31. The average Bonchev–Trinajstić information content (AvgIpc) is 2.95. The predicted molar refractivity (Wildman–Crippen MR) is 79.8 cm³/mol. The lowest BCUT2D eigenvalue weighted by Crippen LogP contribution is -2.49. The van der Waals surface area contributed by atoms with Gasteiger partial charge >= 0.3 is 5.97 Å². The molecule has 5 nitrogen and oxygen atoms in total. The number of hydrogen-bond donors (Lipinski definition) is 1. The van der Waals surface area contributed by atoms with E-state index in [0.29, 0.717) is 18.6 Å². The lowest BCUT2D eigenvalue weighted by molar-refractivity contribution is -0.152. The van der Waals surface area contributed by atoms with E-state index in [-0.39, 0.29) is 5.97 Å². The Morgan fingerprint density at radius 2 is 1.95 bits per heavy atom. The molecule has 0 atom stereocenters. The van der Waals surface area contributed by atoms with Gasteiger partial charge in [0.05, 0.1) is 7.11 Å². The predicted octanol–water partition coefficient (Wildman–Crippen LogP) is 3.40. The molecule has 0 bridgehead atoms. The van der Waals surface area contributed by atoms with Gasteiger partial charge in [-0.3, -0.25) is 0 Å². The first kappa shape index (κ1) is 15.6. The van der Waals surface area contributed by atoms with Crippen LogP contribution in [0, 0.1) is 0 Å². The Morgan fingerprint density at radius 3 is 2.55 bits per heavy atom. The quantitative estimate of drug-likeness (QED) is 0.362. The molecule has 1 aliphatic carbocycles. The van der Waals surface area contributed by atoms with Crippen molar-refractivity contribution in [3.63, 3.8) is 0 Å². The number of hydrogen-bond acceptors (Lipinski definition) is 6. The zero-order valence-corrected chi connectivity index (χ0v) is 13.5.